The molecule has 1 saturated carbocycles. The van der Waals surface area contributed by atoms with Crippen molar-refractivity contribution in [3.63, 3.8) is 0 Å². The van der Waals surface area contributed by atoms with Crippen LogP contribution in [0.2, 0.25) is 0 Å². The van der Waals surface area contributed by atoms with Crippen LogP contribution in [0, 0.1) is 18.7 Å². The molecule has 0 bridgehead atoms. The minimum atomic E-state index is -0.146. The Hall–Kier alpha value is -0.930. The standard InChI is InChI=1S/C15H23FN2/c1-10-3-6-13(7-10)18-15(9-17)12-5-4-11(2)14(16)8-12/h4-5,8,10,13,15,18H,3,6-7,9,17H2,1-2H3. The van der Waals surface area contributed by atoms with Crippen LogP contribution in [0.15, 0.2) is 18.2 Å². The second-order valence-electron chi connectivity index (χ2n) is 5.58. The lowest BCUT2D eigenvalue weighted by molar-refractivity contribution is 0.433. The van der Waals surface area contributed by atoms with Crippen LogP contribution in [0.3, 0.4) is 0 Å². The van der Waals surface area contributed by atoms with E-state index >= 15 is 0 Å². The third kappa shape index (κ3) is 3.09. The van der Waals surface area contributed by atoms with Gasteiger partial charge >= 0.3 is 0 Å². The van der Waals surface area contributed by atoms with Gasteiger partial charge in [-0.1, -0.05) is 19.1 Å². The monoisotopic (exact) mass is 250 g/mol. The highest BCUT2D eigenvalue weighted by Crippen LogP contribution is 2.27. The van der Waals surface area contributed by atoms with Gasteiger partial charge in [-0.25, -0.2) is 4.39 Å². The summed E-state index contributed by atoms with van der Waals surface area (Å²) in [5.41, 5.74) is 7.46. The summed E-state index contributed by atoms with van der Waals surface area (Å²) in [7, 11) is 0. The van der Waals surface area contributed by atoms with E-state index in [4.69, 9.17) is 5.73 Å². The highest BCUT2D eigenvalue weighted by Gasteiger charge is 2.24. The van der Waals surface area contributed by atoms with Crippen molar-refractivity contribution < 1.29 is 4.39 Å². The van der Waals surface area contributed by atoms with Crippen LogP contribution in [0.25, 0.3) is 0 Å². The van der Waals surface area contributed by atoms with E-state index in [0.717, 1.165) is 11.5 Å². The lowest BCUT2D eigenvalue weighted by Crippen LogP contribution is -2.35. The van der Waals surface area contributed by atoms with Crippen molar-refractivity contribution in [2.75, 3.05) is 6.54 Å². The summed E-state index contributed by atoms with van der Waals surface area (Å²) in [6.45, 7) is 4.57. The molecule has 3 unspecified atom stereocenters. The second kappa shape index (κ2) is 5.81. The second-order valence-corrected chi connectivity index (χ2v) is 5.58. The van der Waals surface area contributed by atoms with Crippen molar-refractivity contribution in [1.29, 1.82) is 0 Å². The fourth-order valence-electron chi connectivity index (χ4n) is 2.77. The maximum atomic E-state index is 13.6. The zero-order valence-corrected chi connectivity index (χ0v) is 11.2. The zero-order valence-electron chi connectivity index (χ0n) is 11.2. The van der Waals surface area contributed by atoms with Gasteiger partial charge in [0.15, 0.2) is 0 Å². The summed E-state index contributed by atoms with van der Waals surface area (Å²) in [4.78, 5) is 0. The molecule has 1 aromatic rings. The first-order valence-electron chi connectivity index (χ1n) is 6.82. The van der Waals surface area contributed by atoms with E-state index in [-0.39, 0.29) is 11.9 Å². The average Bonchev–Trinajstić information content (AvgIpc) is 2.75. The van der Waals surface area contributed by atoms with Gasteiger partial charge in [0.2, 0.25) is 0 Å². The van der Waals surface area contributed by atoms with Crippen LogP contribution in [0.5, 0.6) is 0 Å². The van der Waals surface area contributed by atoms with Gasteiger partial charge in [-0.2, -0.15) is 0 Å². The Bertz CT molecular complexity index is 405. The predicted molar refractivity (Wildman–Crippen MR) is 72.9 cm³/mol. The fourth-order valence-corrected chi connectivity index (χ4v) is 2.77. The molecule has 1 aliphatic rings. The van der Waals surface area contributed by atoms with E-state index in [1.54, 1.807) is 13.0 Å². The molecule has 1 aliphatic carbocycles. The summed E-state index contributed by atoms with van der Waals surface area (Å²) in [5, 5.41) is 3.57. The molecule has 0 aromatic heterocycles. The van der Waals surface area contributed by atoms with Gasteiger partial charge in [-0.15, -0.1) is 0 Å². The Morgan fingerprint density at radius 1 is 1.44 bits per heavy atom. The maximum absolute atomic E-state index is 13.6. The van der Waals surface area contributed by atoms with Crippen LogP contribution >= 0.6 is 0 Å². The number of nitrogens with two attached hydrogens (primary N) is 1. The number of rotatable bonds is 4. The van der Waals surface area contributed by atoms with Crippen LogP contribution < -0.4 is 11.1 Å². The molecule has 0 amide bonds. The highest BCUT2D eigenvalue weighted by atomic mass is 19.1. The van der Waals surface area contributed by atoms with Gasteiger partial charge in [0.25, 0.3) is 0 Å². The van der Waals surface area contributed by atoms with Gasteiger partial charge in [0.05, 0.1) is 0 Å². The highest BCUT2D eigenvalue weighted by molar-refractivity contribution is 5.26. The van der Waals surface area contributed by atoms with Crippen LogP contribution in [0.1, 0.15) is 43.4 Å². The Balaban J connectivity index is 2.05. The number of benzene rings is 1. The average molecular weight is 250 g/mol. The molecule has 3 heteroatoms. The zero-order chi connectivity index (χ0) is 13.1. The minimum absolute atomic E-state index is 0.0652. The molecule has 100 valence electrons. The van der Waals surface area contributed by atoms with Gasteiger partial charge in [0.1, 0.15) is 5.82 Å². The molecule has 2 rings (SSSR count). The van der Waals surface area contributed by atoms with Crippen molar-refractivity contribution >= 4 is 0 Å². The summed E-state index contributed by atoms with van der Waals surface area (Å²) < 4.78 is 13.6. The molecule has 1 fully saturated rings. The first-order valence-corrected chi connectivity index (χ1v) is 6.82. The maximum Gasteiger partial charge on any atom is 0.126 e. The molecule has 2 nitrogen and oxygen atoms in total. The lowest BCUT2D eigenvalue weighted by atomic mass is 10.0. The summed E-state index contributed by atoms with van der Waals surface area (Å²) in [6.07, 6.45) is 3.67. The molecule has 3 atom stereocenters. The molecular formula is C15H23FN2. The Kier molecular flexibility index (Phi) is 4.36. The topological polar surface area (TPSA) is 38.0 Å². The molecule has 1 aromatic carbocycles. The molecule has 0 saturated heterocycles. The fraction of sp³-hybridized carbons (Fsp3) is 0.600. The summed E-state index contributed by atoms with van der Waals surface area (Å²) >= 11 is 0. The van der Waals surface area contributed by atoms with Crippen molar-refractivity contribution in [1.82, 2.24) is 5.32 Å². The summed E-state index contributed by atoms with van der Waals surface area (Å²) in [6, 6.07) is 6.00. The van der Waals surface area contributed by atoms with Crippen molar-refractivity contribution in [3.05, 3.63) is 35.1 Å². The predicted octanol–water partition coefficient (Wildman–Crippen LogP) is 2.91. The minimum Gasteiger partial charge on any atom is -0.329 e. The van der Waals surface area contributed by atoms with Crippen molar-refractivity contribution in [3.8, 4) is 0 Å². The molecule has 0 heterocycles. The quantitative estimate of drug-likeness (QED) is 0.862. The van der Waals surface area contributed by atoms with Crippen LogP contribution in [-0.4, -0.2) is 12.6 Å². The van der Waals surface area contributed by atoms with Crippen molar-refractivity contribution in [2.45, 2.75) is 45.2 Å². The number of hydrogen-bond acceptors (Lipinski definition) is 2. The Labute approximate surface area is 109 Å². The molecule has 3 N–H and O–H groups in total. The number of halogens is 1. The van der Waals surface area contributed by atoms with Gasteiger partial charge < -0.3 is 11.1 Å². The van der Waals surface area contributed by atoms with E-state index in [1.807, 2.05) is 12.1 Å². The van der Waals surface area contributed by atoms with Crippen molar-refractivity contribution in [2.24, 2.45) is 11.7 Å². The van der Waals surface area contributed by atoms with E-state index in [0.29, 0.717) is 18.2 Å². The lowest BCUT2D eigenvalue weighted by Gasteiger charge is -2.22. The Morgan fingerprint density at radius 2 is 2.22 bits per heavy atom. The van der Waals surface area contributed by atoms with Gasteiger partial charge in [-0.05, 0) is 49.3 Å². The molecule has 0 aliphatic heterocycles. The van der Waals surface area contributed by atoms with Crippen LogP contribution in [0.4, 0.5) is 4.39 Å². The van der Waals surface area contributed by atoms with E-state index < -0.39 is 0 Å². The van der Waals surface area contributed by atoms with Gasteiger partial charge in [0, 0.05) is 18.6 Å². The SMILES string of the molecule is Cc1ccc(C(CN)NC2CCC(C)C2)cc1F. The molecule has 18 heavy (non-hydrogen) atoms. The van der Waals surface area contributed by atoms with Gasteiger partial charge in [-0.3, -0.25) is 0 Å². The number of hydrogen-bond donors (Lipinski definition) is 2. The molecule has 0 radical (unpaired) electrons. The molecular weight excluding hydrogens is 227 g/mol. The Morgan fingerprint density at radius 3 is 2.78 bits per heavy atom. The van der Waals surface area contributed by atoms with E-state index in [1.165, 1.54) is 19.3 Å². The normalized spacial score (nSPS) is 25.3. The number of nitrogens with one attached hydrogen (secondary N) is 1. The van der Waals surface area contributed by atoms with Crippen LogP contribution in [-0.2, 0) is 0 Å². The third-order valence-electron chi connectivity index (χ3n) is 3.97. The smallest absolute Gasteiger partial charge is 0.126 e. The third-order valence-corrected chi connectivity index (χ3v) is 3.97. The first kappa shape index (κ1) is 13.5. The van der Waals surface area contributed by atoms with E-state index in [2.05, 4.69) is 12.2 Å². The largest absolute Gasteiger partial charge is 0.329 e. The summed E-state index contributed by atoms with van der Waals surface area (Å²) in [5.74, 6) is 0.642. The van der Waals surface area contributed by atoms with E-state index in [9.17, 15) is 4.39 Å². The number of aryl methyl sites for hydroxylation is 1. The molecule has 0 spiro atoms. The first-order chi connectivity index (χ1) is 8.60.